The molecule has 0 bridgehead atoms. The van der Waals surface area contributed by atoms with E-state index >= 15 is 0 Å². The summed E-state index contributed by atoms with van der Waals surface area (Å²) in [6, 6.07) is 32.7. The maximum atomic E-state index is 11.5. The lowest BCUT2D eigenvalue weighted by Crippen LogP contribution is -2.46. The minimum Gasteiger partial charge on any atom is -0.499 e. The Kier molecular flexibility index (Phi) is 35.5. The molecule has 3 aliphatic rings. The van der Waals surface area contributed by atoms with Gasteiger partial charge in [0.2, 0.25) is 0 Å². The predicted octanol–water partition coefficient (Wildman–Crippen LogP) is 19.8. The van der Waals surface area contributed by atoms with Gasteiger partial charge in [0.25, 0.3) is 0 Å². The van der Waals surface area contributed by atoms with Crippen LogP contribution in [0.15, 0.2) is 110 Å². The third-order valence-corrected chi connectivity index (χ3v) is 17.6. The van der Waals surface area contributed by atoms with E-state index in [2.05, 4.69) is 160 Å². The molecule has 452 valence electrons. The van der Waals surface area contributed by atoms with Crippen LogP contribution < -0.4 is 0 Å². The third kappa shape index (κ3) is 27.2. The highest BCUT2D eigenvalue weighted by molar-refractivity contribution is 5.75. The summed E-state index contributed by atoms with van der Waals surface area (Å²) in [6.45, 7) is 37.3. The maximum Gasteiger partial charge on any atom is 0.311 e. The normalized spacial score (nSPS) is 14.8. The molecule has 1 fully saturated rings. The molecule has 0 radical (unpaired) electrons. The summed E-state index contributed by atoms with van der Waals surface area (Å²) >= 11 is 0. The molecule has 0 aromatic heterocycles. The summed E-state index contributed by atoms with van der Waals surface area (Å²) < 4.78 is 26.1. The fourth-order valence-corrected chi connectivity index (χ4v) is 9.51. The van der Waals surface area contributed by atoms with E-state index in [4.69, 9.17) is 23.7 Å². The maximum absolute atomic E-state index is 11.5. The van der Waals surface area contributed by atoms with Gasteiger partial charge in [0.05, 0.1) is 50.8 Å². The Hall–Kier alpha value is -4.49. The number of carbonyl (C=O) groups excluding carboxylic acids is 1. The van der Waals surface area contributed by atoms with Gasteiger partial charge in [-0.1, -0.05) is 179 Å². The smallest absolute Gasteiger partial charge is 0.311 e. The molecule has 6 nitrogen and oxygen atoms in total. The lowest BCUT2D eigenvalue weighted by atomic mass is 9.84. The van der Waals surface area contributed by atoms with Crippen LogP contribution in [0.1, 0.15) is 246 Å². The van der Waals surface area contributed by atoms with Gasteiger partial charge in [0.1, 0.15) is 13.2 Å². The average molecular weight is 1110 g/mol. The Morgan fingerprint density at radius 3 is 1.47 bits per heavy atom. The number of aryl methyl sites for hydroxylation is 7. The number of hydrogen-bond donors (Lipinski definition) is 0. The first kappa shape index (κ1) is 70.8. The number of rotatable bonds is 33. The third-order valence-electron chi connectivity index (χ3n) is 17.6. The zero-order chi connectivity index (χ0) is 59.3. The van der Waals surface area contributed by atoms with Crippen molar-refractivity contribution in [3.05, 3.63) is 166 Å². The number of esters is 1. The molecule has 0 spiro atoms. The van der Waals surface area contributed by atoms with Gasteiger partial charge in [-0.15, -0.1) is 6.58 Å². The molecule has 4 atom stereocenters. The minimum absolute atomic E-state index is 0.180. The van der Waals surface area contributed by atoms with Gasteiger partial charge in [-0.3, -0.25) is 4.79 Å². The van der Waals surface area contributed by atoms with Gasteiger partial charge in [-0.25, -0.2) is 0 Å². The summed E-state index contributed by atoms with van der Waals surface area (Å²) in [5.74, 6) is 1.93. The second-order valence-electron chi connectivity index (χ2n) is 24.2. The Morgan fingerprint density at radius 1 is 0.568 bits per heavy atom. The molecule has 1 saturated heterocycles. The number of benzene rings is 4. The van der Waals surface area contributed by atoms with Gasteiger partial charge >= 0.3 is 5.97 Å². The molecule has 7 rings (SSSR count). The van der Waals surface area contributed by atoms with Crippen molar-refractivity contribution in [2.75, 3.05) is 46.2 Å². The Morgan fingerprint density at radius 2 is 1.04 bits per heavy atom. The first-order valence-corrected chi connectivity index (χ1v) is 32.3. The number of allylic oxidation sites excluding steroid dienone is 1. The molecular formula is C75H116O6. The van der Waals surface area contributed by atoms with Crippen LogP contribution in [0.3, 0.4) is 0 Å². The SMILES string of the molecule is C=CCCCCCc1ccc(C(C)CC)cc1.C=COCCOCCOC(=O)C(C)(C)CC.CCC(C)OCC1(CC)COC1.CCC(C)c1ccc(CCCCCCc2ccc3c(c2)CC3)cc1.CCC(C)c1ccc2c(c1)CC2. The number of carbonyl (C=O) groups is 1. The topological polar surface area (TPSA) is 63.2 Å². The minimum atomic E-state index is -0.411. The highest BCUT2D eigenvalue weighted by Crippen LogP contribution is 2.32. The van der Waals surface area contributed by atoms with Crippen molar-refractivity contribution in [1.82, 2.24) is 0 Å². The largest absolute Gasteiger partial charge is 0.499 e. The van der Waals surface area contributed by atoms with Gasteiger partial charge in [-0.2, -0.15) is 0 Å². The molecular weight excluding hydrogens is 997 g/mol. The van der Waals surface area contributed by atoms with Crippen molar-refractivity contribution in [3.63, 3.8) is 0 Å². The first-order valence-electron chi connectivity index (χ1n) is 32.3. The van der Waals surface area contributed by atoms with E-state index in [0.29, 0.717) is 43.2 Å². The average Bonchev–Trinajstić information content (AvgIpc) is 3.50. The first-order chi connectivity index (χ1) is 39.1. The van der Waals surface area contributed by atoms with E-state index in [-0.39, 0.29) is 12.6 Å². The van der Waals surface area contributed by atoms with Crippen molar-refractivity contribution in [3.8, 4) is 0 Å². The Bertz CT molecular complexity index is 2280. The lowest BCUT2D eigenvalue weighted by Gasteiger charge is -2.41. The van der Waals surface area contributed by atoms with Gasteiger partial charge in [-0.05, 0) is 210 Å². The number of unbranched alkanes of at least 4 members (excludes halogenated alkanes) is 6. The van der Waals surface area contributed by atoms with Gasteiger partial charge < -0.3 is 23.7 Å². The second-order valence-corrected chi connectivity index (χ2v) is 24.2. The number of ether oxygens (including phenoxy) is 5. The highest BCUT2D eigenvalue weighted by Gasteiger charge is 2.37. The van der Waals surface area contributed by atoms with Crippen LogP contribution in [0.2, 0.25) is 0 Å². The summed E-state index contributed by atoms with van der Waals surface area (Å²) in [5.41, 5.74) is 15.3. The van der Waals surface area contributed by atoms with E-state index in [1.54, 1.807) is 27.8 Å². The van der Waals surface area contributed by atoms with Crippen molar-refractivity contribution < 1.29 is 28.5 Å². The molecule has 0 N–H and O–H groups in total. The summed E-state index contributed by atoms with van der Waals surface area (Å²) in [5, 5.41) is 0. The molecule has 2 aliphatic carbocycles. The monoisotopic (exact) mass is 1110 g/mol. The summed E-state index contributed by atoms with van der Waals surface area (Å²) in [7, 11) is 0. The number of fused-ring (bicyclic) bond motifs is 2. The molecule has 1 heterocycles. The van der Waals surface area contributed by atoms with E-state index in [9.17, 15) is 4.79 Å². The lowest BCUT2D eigenvalue weighted by molar-refractivity contribution is -0.159. The quantitative estimate of drug-likeness (QED) is 0.0205. The molecule has 0 saturated carbocycles. The van der Waals surface area contributed by atoms with Crippen LogP contribution in [-0.2, 0) is 73.4 Å². The van der Waals surface area contributed by atoms with E-state index in [1.807, 2.05) is 26.8 Å². The molecule has 0 amide bonds. The van der Waals surface area contributed by atoms with Crippen LogP contribution in [0.25, 0.3) is 0 Å². The van der Waals surface area contributed by atoms with E-state index in [0.717, 1.165) is 45.0 Å². The zero-order valence-corrected chi connectivity index (χ0v) is 53.7. The van der Waals surface area contributed by atoms with Crippen LogP contribution in [0, 0.1) is 10.8 Å². The predicted molar refractivity (Wildman–Crippen MR) is 346 cm³/mol. The van der Waals surface area contributed by atoms with Crippen LogP contribution in [0.5, 0.6) is 0 Å². The molecule has 81 heavy (non-hydrogen) atoms. The Balaban J connectivity index is 0.000000273. The molecule has 4 aromatic rings. The molecule has 4 aromatic carbocycles. The van der Waals surface area contributed by atoms with Crippen molar-refractivity contribution in [2.24, 2.45) is 10.8 Å². The van der Waals surface area contributed by atoms with Crippen LogP contribution in [0.4, 0.5) is 0 Å². The van der Waals surface area contributed by atoms with Gasteiger partial charge in [0.15, 0.2) is 0 Å². The fraction of sp³-hybridized carbons (Fsp3) is 0.613. The fourth-order valence-electron chi connectivity index (χ4n) is 9.51. The second kappa shape index (κ2) is 40.7. The van der Waals surface area contributed by atoms with Crippen molar-refractivity contribution in [2.45, 2.75) is 242 Å². The highest BCUT2D eigenvalue weighted by atomic mass is 16.6. The summed E-state index contributed by atoms with van der Waals surface area (Å²) in [6.07, 6.45) is 29.9. The standard InChI is InChI=1S/C24H32.C17H26.C12H22O4.C12H16.C10H20O2/c1-3-19(2)22-13-10-20(11-14-22)8-6-4-5-7-9-21-12-15-23-16-17-24(23)18-21;1-4-6-7-8-9-10-16-11-13-17(14-12-16)15(3)5-2;1-5-12(3,4)11(13)16-10-9-15-8-7-14-6-2;1-3-9(2)11-6-4-10-5-7-12(10)8-11;1-4-9(3)12-8-10(5-2)6-11-7-10/h10-15,18-19H,3-9,16-17H2,1-2H3;4,11-15H,1,5-10H2,2-3H3;6H,2,5,7-10H2,1,3-4H3;4,6,8-9H,3,5,7H2,1-2H3;9H,4-8H2,1-3H3. The molecule has 1 aliphatic heterocycles. The summed E-state index contributed by atoms with van der Waals surface area (Å²) in [4.78, 5) is 11.5. The van der Waals surface area contributed by atoms with Crippen molar-refractivity contribution in [1.29, 1.82) is 0 Å². The zero-order valence-electron chi connectivity index (χ0n) is 53.7. The van der Waals surface area contributed by atoms with Crippen LogP contribution >= 0.6 is 0 Å². The van der Waals surface area contributed by atoms with Crippen molar-refractivity contribution >= 4 is 5.97 Å². The Labute approximate surface area is 497 Å². The number of hydrogen-bond acceptors (Lipinski definition) is 6. The van der Waals surface area contributed by atoms with E-state index < -0.39 is 5.41 Å². The molecule has 6 heteroatoms. The molecule has 4 unspecified atom stereocenters. The van der Waals surface area contributed by atoms with Gasteiger partial charge in [0, 0.05) is 5.41 Å². The van der Waals surface area contributed by atoms with Crippen LogP contribution in [-0.4, -0.2) is 58.3 Å². The van der Waals surface area contributed by atoms with E-state index in [1.165, 1.54) is 150 Å².